The van der Waals surface area contributed by atoms with E-state index in [4.69, 9.17) is 4.74 Å². The number of aliphatic carboxylic acids is 1. The first-order valence-corrected chi connectivity index (χ1v) is 9.60. The molecule has 0 saturated heterocycles. The predicted octanol–water partition coefficient (Wildman–Crippen LogP) is 1.98. The van der Waals surface area contributed by atoms with Gasteiger partial charge in [0.1, 0.15) is 23.2 Å². The molecule has 2 aromatic rings. The number of carboxylic acids is 1. The predicted molar refractivity (Wildman–Crippen MR) is 105 cm³/mol. The van der Waals surface area contributed by atoms with Gasteiger partial charge in [0.25, 0.3) is 0 Å². The van der Waals surface area contributed by atoms with Gasteiger partial charge in [-0.3, -0.25) is 14.4 Å². The van der Waals surface area contributed by atoms with E-state index in [1.54, 1.807) is 6.92 Å². The number of carbonyl (C=O) groups excluding carboxylic acids is 2. The number of ether oxygens (including phenoxy) is 1. The minimum atomic E-state index is -1.84. The van der Waals surface area contributed by atoms with E-state index in [1.807, 2.05) is 0 Å². The minimum absolute atomic E-state index is 0.00979. The Hall–Kier alpha value is -3.43. The number of phenolic OH excluding ortho intramolecular Hbond substituents is 3. The molecule has 0 heterocycles. The Balaban J connectivity index is 2.13. The number of hydrogen-bond acceptors (Lipinski definition) is 8. The van der Waals surface area contributed by atoms with Crippen LogP contribution in [0.1, 0.15) is 74.8 Å². The van der Waals surface area contributed by atoms with E-state index in [2.05, 4.69) is 0 Å². The summed E-state index contributed by atoms with van der Waals surface area (Å²) >= 11 is 0. The molecule has 0 bridgehead atoms. The lowest BCUT2D eigenvalue weighted by molar-refractivity contribution is -0.150. The number of hydrogen-bond donors (Lipinski definition) is 5. The van der Waals surface area contributed by atoms with Crippen molar-refractivity contribution in [3.63, 3.8) is 0 Å². The van der Waals surface area contributed by atoms with Crippen LogP contribution < -0.4 is 0 Å². The van der Waals surface area contributed by atoms with Crippen LogP contribution in [0.15, 0.2) is 18.2 Å². The zero-order valence-electron chi connectivity index (χ0n) is 16.7. The van der Waals surface area contributed by atoms with Gasteiger partial charge >= 0.3 is 5.97 Å². The molecule has 9 nitrogen and oxygen atoms in total. The number of carboxylic acid groups (broad SMARTS) is 1. The van der Waals surface area contributed by atoms with Crippen LogP contribution >= 0.6 is 0 Å². The number of ketones is 2. The summed E-state index contributed by atoms with van der Waals surface area (Å²) in [6.07, 6.45) is -1.29. The number of aliphatic hydroxyl groups is 1. The first-order valence-electron chi connectivity index (χ1n) is 9.60. The van der Waals surface area contributed by atoms with Crippen LogP contribution in [0.25, 0.3) is 0 Å². The number of aromatic hydroxyl groups is 3. The van der Waals surface area contributed by atoms with E-state index in [0.717, 1.165) is 0 Å². The molecule has 3 atom stereocenters. The number of rotatable bonds is 3. The molecule has 1 unspecified atom stereocenters. The van der Waals surface area contributed by atoms with Crippen molar-refractivity contribution in [2.75, 3.05) is 7.11 Å². The summed E-state index contributed by atoms with van der Waals surface area (Å²) in [6, 6.07) is 3.84. The van der Waals surface area contributed by atoms with Crippen molar-refractivity contribution in [3.05, 3.63) is 51.6 Å². The number of methoxy groups -OCH3 is 1. The van der Waals surface area contributed by atoms with Crippen LogP contribution in [0.3, 0.4) is 0 Å². The van der Waals surface area contributed by atoms with Crippen LogP contribution in [0.5, 0.6) is 17.2 Å². The van der Waals surface area contributed by atoms with E-state index in [-0.39, 0.29) is 35.1 Å². The number of benzene rings is 2. The monoisotopic (exact) mass is 428 g/mol. The molecule has 0 fully saturated rings. The van der Waals surface area contributed by atoms with Crippen molar-refractivity contribution < 1.29 is 44.7 Å². The molecule has 0 aromatic heterocycles. The molecule has 0 amide bonds. The summed E-state index contributed by atoms with van der Waals surface area (Å²) in [7, 11) is 1.27. The van der Waals surface area contributed by atoms with E-state index in [0.29, 0.717) is 0 Å². The van der Waals surface area contributed by atoms with Crippen molar-refractivity contribution in [2.24, 2.45) is 0 Å². The second-order valence-electron chi connectivity index (χ2n) is 7.79. The first-order chi connectivity index (χ1) is 14.6. The van der Waals surface area contributed by atoms with Crippen LogP contribution in [0.2, 0.25) is 0 Å². The maximum absolute atomic E-state index is 13.1. The Morgan fingerprint density at radius 3 is 2.26 bits per heavy atom. The van der Waals surface area contributed by atoms with Gasteiger partial charge in [0, 0.05) is 30.2 Å². The van der Waals surface area contributed by atoms with Gasteiger partial charge in [-0.2, -0.15) is 0 Å². The molecule has 31 heavy (non-hydrogen) atoms. The zero-order valence-corrected chi connectivity index (χ0v) is 16.7. The van der Waals surface area contributed by atoms with Crippen molar-refractivity contribution in [1.29, 1.82) is 0 Å². The maximum atomic E-state index is 13.1. The molecule has 2 aliphatic rings. The Kier molecular flexibility index (Phi) is 4.56. The summed E-state index contributed by atoms with van der Waals surface area (Å²) in [6.45, 7) is 1.57. The Bertz CT molecular complexity index is 1170. The fraction of sp³-hybridized carbons (Fsp3) is 0.318. The third kappa shape index (κ3) is 2.60. The molecule has 0 radical (unpaired) electrons. The van der Waals surface area contributed by atoms with Gasteiger partial charge in [0.05, 0.1) is 28.4 Å². The van der Waals surface area contributed by atoms with Gasteiger partial charge in [-0.1, -0.05) is 19.1 Å². The smallest absolute Gasteiger partial charge is 0.314 e. The fourth-order valence-electron chi connectivity index (χ4n) is 4.76. The molecule has 4 rings (SSSR count). The van der Waals surface area contributed by atoms with E-state index in [1.165, 1.54) is 25.3 Å². The highest BCUT2D eigenvalue weighted by Gasteiger charge is 2.53. The highest BCUT2D eigenvalue weighted by Crippen LogP contribution is 2.56. The molecule has 0 aliphatic heterocycles. The molecular weight excluding hydrogens is 408 g/mol. The van der Waals surface area contributed by atoms with Crippen LogP contribution in [0, 0.1) is 0 Å². The van der Waals surface area contributed by atoms with Crippen LogP contribution in [-0.4, -0.2) is 55.8 Å². The highest BCUT2D eigenvalue weighted by molar-refractivity contribution is 6.31. The normalized spacial score (nSPS) is 24.4. The largest absolute Gasteiger partial charge is 0.507 e. The third-order valence-electron chi connectivity index (χ3n) is 6.32. The number of phenols is 3. The first kappa shape index (κ1) is 20.8. The SMILES string of the molecule is CC[C@@]1(O)C[C@H](OC)c2c(O)c3c(c(O)c2C1C(=O)O)C(=O)c1cccc(O)c1C3=O. The number of fused-ring (bicyclic) bond motifs is 3. The Labute approximate surface area is 176 Å². The minimum Gasteiger partial charge on any atom is -0.507 e. The summed E-state index contributed by atoms with van der Waals surface area (Å²) in [5, 5.41) is 53.1. The lowest BCUT2D eigenvalue weighted by atomic mass is 9.66. The van der Waals surface area contributed by atoms with Crippen LogP contribution in [0.4, 0.5) is 0 Å². The molecule has 2 aromatic carbocycles. The summed E-state index contributed by atoms with van der Waals surface area (Å²) in [4.78, 5) is 38.4. The maximum Gasteiger partial charge on any atom is 0.314 e. The van der Waals surface area contributed by atoms with Crippen molar-refractivity contribution in [1.82, 2.24) is 0 Å². The second-order valence-corrected chi connectivity index (χ2v) is 7.79. The van der Waals surface area contributed by atoms with Gasteiger partial charge in [-0.05, 0) is 12.5 Å². The van der Waals surface area contributed by atoms with Crippen molar-refractivity contribution >= 4 is 17.5 Å². The molecule has 162 valence electrons. The number of carbonyl (C=O) groups is 3. The van der Waals surface area contributed by atoms with Gasteiger partial charge < -0.3 is 30.3 Å². The van der Waals surface area contributed by atoms with Crippen molar-refractivity contribution in [3.8, 4) is 17.2 Å². The van der Waals surface area contributed by atoms with Gasteiger partial charge in [0.2, 0.25) is 5.78 Å². The summed E-state index contributed by atoms with van der Waals surface area (Å²) in [5.41, 5.74) is -4.00. The Morgan fingerprint density at radius 1 is 1.06 bits per heavy atom. The molecule has 2 aliphatic carbocycles. The molecule has 0 saturated carbocycles. The van der Waals surface area contributed by atoms with E-state index >= 15 is 0 Å². The molecule has 9 heteroatoms. The molecule has 0 spiro atoms. The van der Waals surface area contributed by atoms with E-state index < -0.39 is 63.5 Å². The Morgan fingerprint density at radius 2 is 1.68 bits per heavy atom. The van der Waals surface area contributed by atoms with Gasteiger partial charge in [-0.25, -0.2) is 0 Å². The van der Waals surface area contributed by atoms with Crippen molar-refractivity contribution in [2.45, 2.75) is 37.4 Å². The lowest BCUT2D eigenvalue weighted by Crippen LogP contribution is -2.46. The zero-order chi connectivity index (χ0) is 22.8. The van der Waals surface area contributed by atoms with Gasteiger partial charge in [0.15, 0.2) is 5.78 Å². The topological polar surface area (TPSA) is 162 Å². The summed E-state index contributed by atoms with van der Waals surface area (Å²) < 4.78 is 5.36. The summed E-state index contributed by atoms with van der Waals surface area (Å²) in [5.74, 6) is -6.89. The second kappa shape index (κ2) is 6.79. The van der Waals surface area contributed by atoms with Gasteiger partial charge in [-0.15, -0.1) is 0 Å². The quantitative estimate of drug-likeness (QED) is 0.393. The molecule has 5 N–H and O–H groups in total. The van der Waals surface area contributed by atoms with Crippen LogP contribution in [-0.2, 0) is 9.53 Å². The highest BCUT2D eigenvalue weighted by atomic mass is 16.5. The average Bonchev–Trinajstić information content (AvgIpc) is 2.73. The van der Waals surface area contributed by atoms with E-state index in [9.17, 15) is 39.9 Å². The lowest BCUT2D eigenvalue weighted by Gasteiger charge is -2.42. The fourth-order valence-corrected chi connectivity index (χ4v) is 4.76. The standard InChI is InChI=1S/C22H20O9/c1-3-22(30)7-10(31-2)12-13(16(22)21(28)29)20(27)14-15(19(12)26)18(25)11-8(17(14)24)5-4-6-9(11)23/h4-6,10,16,23,26-27,30H,3,7H2,1-2H3,(H,28,29)/t10-,16?,22+/m0/s1. The average molecular weight is 428 g/mol. The molecular formula is C22H20O9. The third-order valence-corrected chi connectivity index (χ3v) is 6.32.